The molecule has 3 heterocycles. The third kappa shape index (κ3) is 3.42. The van der Waals surface area contributed by atoms with Crippen LogP contribution < -0.4 is 9.80 Å². The van der Waals surface area contributed by atoms with Crippen LogP contribution in [-0.4, -0.2) is 58.9 Å². The van der Waals surface area contributed by atoms with Crippen molar-refractivity contribution in [2.75, 3.05) is 37.0 Å². The highest BCUT2D eigenvalue weighted by Crippen LogP contribution is 2.26. The van der Waals surface area contributed by atoms with Gasteiger partial charge in [-0.2, -0.15) is 0 Å². The molecule has 0 saturated heterocycles. The van der Waals surface area contributed by atoms with Crippen molar-refractivity contribution in [3.8, 4) is 0 Å². The van der Waals surface area contributed by atoms with E-state index in [1.807, 2.05) is 14.1 Å². The summed E-state index contributed by atoms with van der Waals surface area (Å²) in [5.74, 6) is 0.338. The molecule has 1 aliphatic heterocycles. The fraction of sp³-hybridized carbons (Fsp3) is 0.353. The van der Waals surface area contributed by atoms with Crippen LogP contribution in [0.4, 0.5) is 11.6 Å². The van der Waals surface area contributed by atoms with E-state index in [0.717, 1.165) is 0 Å². The quantitative estimate of drug-likeness (QED) is 0.809. The van der Waals surface area contributed by atoms with Crippen LogP contribution in [0.1, 0.15) is 23.0 Å². The van der Waals surface area contributed by atoms with Crippen molar-refractivity contribution in [3.63, 3.8) is 0 Å². The Morgan fingerprint density at radius 2 is 1.88 bits per heavy atom. The Kier molecular flexibility index (Phi) is 4.60. The maximum Gasteiger partial charge on any atom is 0.258 e. The van der Waals surface area contributed by atoms with Gasteiger partial charge in [-0.15, -0.1) is 0 Å². The molecule has 0 bridgehead atoms. The highest BCUT2D eigenvalue weighted by molar-refractivity contribution is 6.06. The Bertz CT molecular complexity index is 793. The Hall–Kier alpha value is -3.03. The van der Waals surface area contributed by atoms with Gasteiger partial charge in [0, 0.05) is 52.1 Å². The third-order valence-corrected chi connectivity index (χ3v) is 4.08. The summed E-state index contributed by atoms with van der Waals surface area (Å²) >= 11 is 0. The maximum absolute atomic E-state index is 12.9. The van der Waals surface area contributed by atoms with Crippen molar-refractivity contribution in [2.45, 2.75) is 13.5 Å². The summed E-state index contributed by atoms with van der Waals surface area (Å²) in [6, 6.07) is 3.34. The molecule has 0 unspecified atom stereocenters. The molecule has 0 saturated carbocycles. The van der Waals surface area contributed by atoms with Gasteiger partial charge in [0.15, 0.2) is 0 Å². The first kappa shape index (κ1) is 16.8. The summed E-state index contributed by atoms with van der Waals surface area (Å²) in [4.78, 5) is 42.8. The highest BCUT2D eigenvalue weighted by atomic mass is 16.2. The third-order valence-electron chi connectivity index (χ3n) is 4.08. The summed E-state index contributed by atoms with van der Waals surface area (Å²) < 4.78 is 0. The first-order valence-corrected chi connectivity index (χ1v) is 7.98. The number of aromatic nitrogens is 3. The second-order valence-electron chi connectivity index (χ2n) is 6.03. The number of fused-ring (bicyclic) bond motifs is 1. The second-order valence-corrected chi connectivity index (χ2v) is 6.03. The molecule has 0 atom stereocenters. The maximum atomic E-state index is 12.9. The number of rotatable bonds is 2. The van der Waals surface area contributed by atoms with Gasteiger partial charge in [0.1, 0.15) is 0 Å². The van der Waals surface area contributed by atoms with Crippen LogP contribution >= 0.6 is 0 Å². The number of hydrogen-bond donors (Lipinski definition) is 0. The molecule has 0 spiro atoms. The van der Waals surface area contributed by atoms with E-state index in [9.17, 15) is 9.59 Å². The fourth-order valence-electron chi connectivity index (χ4n) is 2.69. The molecule has 1 aliphatic rings. The Labute approximate surface area is 146 Å². The van der Waals surface area contributed by atoms with Gasteiger partial charge in [0.25, 0.3) is 5.91 Å². The summed E-state index contributed by atoms with van der Waals surface area (Å²) in [6.45, 7) is 2.71. The molecule has 0 fully saturated rings. The van der Waals surface area contributed by atoms with Gasteiger partial charge < -0.3 is 14.7 Å². The van der Waals surface area contributed by atoms with Gasteiger partial charge in [-0.05, 0) is 12.1 Å². The molecule has 8 nitrogen and oxygen atoms in total. The molecule has 0 N–H and O–H groups in total. The van der Waals surface area contributed by atoms with Gasteiger partial charge in [-0.1, -0.05) is 0 Å². The second kappa shape index (κ2) is 6.84. The lowest BCUT2D eigenvalue weighted by atomic mass is 10.2. The molecule has 2 amide bonds. The molecule has 2 aromatic heterocycles. The number of pyridine rings is 1. The summed E-state index contributed by atoms with van der Waals surface area (Å²) in [5.41, 5.74) is 1.83. The zero-order valence-corrected chi connectivity index (χ0v) is 14.5. The highest BCUT2D eigenvalue weighted by Gasteiger charge is 2.28. The van der Waals surface area contributed by atoms with Gasteiger partial charge in [0.2, 0.25) is 11.9 Å². The van der Waals surface area contributed by atoms with E-state index in [-0.39, 0.29) is 11.8 Å². The lowest BCUT2D eigenvalue weighted by Gasteiger charge is -2.22. The Morgan fingerprint density at radius 1 is 1.16 bits per heavy atom. The molecule has 0 aliphatic carbocycles. The van der Waals surface area contributed by atoms with Crippen molar-refractivity contribution >= 4 is 23.5 Å². The minimum Gasteiger partial charge on any atom is -0.347 e. The molecule has 130 valence electrons. The molecule has 25 heavy (non-hydrogen) atoms. The predicted octanol–water partition coefficient (Wildman–Crippen LogP) is 0.946. The normalized spacial score (nSPS) is 13.9. The van der Waals surface area contributed by atoms with E-state index in [2.05, 4.69) is 15.0 Å². The van der Waals surface area contributed by atoms with Gasteiger partial charge in [0.05, 0.1) is 24.1 Å². The number of hydrogen-bond acceptors (Lipinski definition) is 6. The lowest BCUT2D eigenvalue weighted by Crippen LogP contribution is -2.37. The number of anilines is 2. The van der Waals surface area contributed by atoms with Crippen molar-refractivity contribution in [3.05, 3.63) is 42.0 Å². The van der Waals surface area contributed by atoms with Crippen molar-refractivity contribution in [1.82, 2.24) is 19.9 Å². The monoisotopic (exact) mass is 340 g/mol. The minimum atomic E-state index is -0.157. The first-order chi connectivity index (χ1) is 12.0. The molecular weight excluding hydrogens is 320 g/mol. The zero-order chi connectivity index (χ0) is 18.0. The van der Waals surface area contributed by atoms with E-state index in [0.29, 0.717) is 42.5 Å². The van der Waals surface area contributed by atoms with Crippen LogP contribution in [0, 0.1) is 0 Å². The largest absolute Gasteiger partial charge is 0.347 e. The Morgan fingerprint density at radius 3 is 2.52 bits per heavy atom. The van der Waals surface area contributed by atoms with E-state index in [1.54, 1.807) is 45.4 Å². The van der Waals surface area contributed by atoms with E-state index < -0.39 is 0 Å². The number of carbonyl (C=O) groups is 2. The summed E-state index contributed by atoms with van der Waals surface area (Å²) in [5, 5.41) is 0. The number of nitrogens with zero attached hydrogens (tertiary/aromatic N) is 6. The van der Waals surface area contributed by atoms with Crippen LogP contribution in [0.25, 0.3) is 0 Å². The molecule has 3 rings (SSSR count). The first-order valence-electron chi connectivity index (χ1n) is 7.98. The Balaban J connectivity index is 2.04. The van der Waals surface area contributed by atoms with Gasteiger partial charge in [-0.3, -0.25) is 14.6 Å². The van der Waals surface area contributed by atoms with Crippen LogP contribution in [0.2, 0.25) is 0 Å². The average Bonchev–Trinajstić information content (AvgIpc) is 2.81. The SMILES string of the molecule is CC(=O)N1CCN(C(=O)c2ccncc2)c2cnc(N(C)C)nc2C1. The molecule has 0 radical (unpaired) electrons. The molecule has 8 heteroatoms. The van der Waals surface area contributed by atoms with Gasteiger partial charge >= 0.3 is 0 Å². The van der Waals surface area contributed by atoms with Crippen LogP contribution in [0.15, 0.2) is 30.7 Å². The smallest absolute Gasteiger partial charge is 0.258 e. The van der Waals surface area contributed by atoms with Crippen LogP contribution in [0.3, 0.4) is 0 Å². The van der Waals surface area contributed by atoms with Crippen molar-refractivity contribution in [1.29, 1.82) is 0 Å². The molecular formula is C17H20N6O2. The number of carbonyl (C=O) groups excluding carboxylic acids is 2. The average molecular weight is 340 g/mol. The summed E-state index contributed by atoms with van der Waals surface area (Å²) in [6.07, 6.45) is 4.82. The van der Waals surface area contributed by atoms with E-state index >= 15 is 0 Å². The fourth-order valence-corrected chi connectivity index (χ4v) is 2.69. The van der Waals surface area contributed by atoms with Crippen LogP contribution in [-0.2, 0) is 11.3 Å². The van der Waals surface area contributed by atoms with E-state index in [4.69, 9.17) is 0 Å². The predicted molar refractivity (Wildman–Crippen MR) is 93.4 cm³/mol. The minimum absolute atomic E-state index is 0.0471. The standard InChI is InChI=1S/C17H20N6O2/c1-12(24)22-8-9-23(16(25)13-4-6-18-7-5-13)15-10-19-17(21(2)3)20-14(15)11-22/h4-7,10H,8-9,11H2,1-3H3. The van der Waals surface area contributed by atoms with Crippen LogP contribution in [0.5, 0.6) is 0 Å². The van der Waals surface area contributed by atoms with E-state index in [1.165, 1.54) is 6.92 Å². The van der Waals surface area contributed by atoms with Crippen molar-refractivity contribution < 1.29 is 9.59 Å². The zero-order valence-electron chi connectivity index (χ0n) is 14.5. The molecule has 0 aromatic carbocycles. The topological polar surface area (TPSA) is 82.5 Å². The number of amides is 2. The lowest BCUT2D eigenvalue weighted by molar-refractivity contribution is -0.129. The van der Waals surface area contributed by atoms with Gasteiger partial charge in [-0.25, -0.2) is 9.97 Å². The van der Waals surface area contributed by atoms with Crippen molar-refractivity contribution in [2.24, 2.45) is 0 Å². The summed E-state index contributed by atoms with van der Waals surface area (Å²) in [7, 11) is 3.70. The molecule has 2 aromatic rings.